The Bertz CT molecular complexity index is 606. The number of rotatable bonds is 3. The van der Waals surface area contributed by atoms with Gasteiger partial charge in [0.25, 0.3) is 0 Å². The van der Waals surface area contributed by atoms with E-state index in [4.69, 9.17) is 10.5 Å². The van der Waals surface area contributed by atoms with Gasteiger partial charge in [0, 0.05) is 18.2 Å². The number of hydrogen-bond acceptors (Lipinski definition) is 3. The molecule has 1 aliphatic heterocycles. The molecule has 3 nitrogen and oxygen atoms in total. The van der Waals surface area contributed by atoms with Gasteiger partial charge in [-0.25, -0.2) is 4.39 Å². The zero-order chi connectivity index (χ0) is 15.2. The third-order valence-electron chi connectivity index (χ3n) is 3.94. The number of hydrogen-bond donors (Lipinski definition) is 0. The van der Waals surface area contributed by atoms with Gasteiger partial charge < -0.3 is 0 Å². The Morgan fingerprint density at radius 2 is 2.14 bits per heavy atom. The van der Waals surface area contributed by atoms with Crippen LogP contribution in [0.4, 0.5) is 4.39 Å². The van der Waals surface area contributed by atoms with E-state index in [2.05, 4.69) is 11.8 Å². The van der Waals surface area contributed by atoms with Crippen LogP contribution in [0.5, 0.6) is 0 Å². The lowest BCUT2D eigenvalue weighted by molar-refractivity contribution is 0.151. The first-order valence-electron chi connectivity index (χ1n) is 7.18. The maximum atomic E-state index is 14.2. The normalized spacial score (nSPS) is 18.6. The van der Waals surface area contributed by atoms with E-state index in [1.54, 1.807) is 24.3 Å². The molecule has 21 heavy (non-hydrogen) atoms. The van der Waals surface area contributed by atoms with E-state index < -0.39 is 0 Å². The number of piperidine rings is 1. The van der Waals surface area contributed by atoms with Crippen LogP contribution in [0.25, 0.3) is 6.08 Å². The summed E-state index contributed by atoms with van der Waals surface area (Å²) in [5, 5.41) is 17.4. The number of nitriles is 2. The van der Waals surface area contributed by atoms with Gasteiger partial charge in [0.15, 0.2) is 0 Å². The topological polar surface area (TPSA) is 50.8 Å². The highest BCUT2D eigenvalue weighted by Gasteiger charge is 2.19. The van der Waals surface area contributed by atoms with Crippen molar-refractivity contribution in [3.05, 3.63) is 40.7 Å². The number of likely N-dealkylation sites (tertiary alicyclic amines) is 1. The van der Waals surface area contributed by atoms with Gasteiger partial charge in [0.1, 0.15) is 23.5 Å². The minimum Gasteiger partial charge on any atom is -0.296 e. The molecule has 0 amide bonds. The Labute approximate surface area is 124 Å². The zero-order valence-electron chi connectivity index (χ0n) is 12.1. The summed E-state index contributed by atoms with van der Waals surface area (Å²) in [6.45, 7) is 3.80. The number of benzene rings is 1. The molecule has 0 bridgehead atoms. The van der Waals surface area contributed by atoms with Gasteiger partial charge in [-0.05, 0) is 44.0 Å². The lowest BCUT2D eigenvalue weighted by atomic mass is 10.0. The summed E-state index contributed by atoms with van der Waals surface area (Å²) >= 11 is 0. The monoisotopic (exact) mass is 283 g/mol. The molecule has 2 rings (SSSR count). The largest absolute Gasteiger partial charge is 0.296 e. The molecule has 0 saturated carbocycles. The van der Waals surface area contributed by atoms with Crippen molar-refractivity contribution in [1.82, 2.24) is 4.90 Å². The average Bonchev–Trinajstić information content (AvgIpc) is 2.49. The highest BCUT2D eigenvalue weighted by molar-refractivity contribution is 5.62. The van der Waals surface area contributed by atoms with Gasteiger partial charge >= 0.3 is 0 Å². The average molecular weight is 283 g/mol. The summed E-state index contributed by atoms with van der Waals surface area (Å²) in [6, 6.07) is 8.92. The molecule has 0 aromatic heterocycles. The molecule has 108 valence electrons. The summed E-state index contributed by atoms with van der Waals surface area (Å²) in [5.41, 5.74) is 1.18. The Hall–Kier alpha value is -2.17. The number of halogens is 1. The van der Waals surface area contributed by atoms with E-state index in [0.717, 1.165) is 13.0 Å². The quantitative estimate of drug-likeness (QED) is 0.796. The maximum absolute atomic E-state index is 14.2. The fourth-order valence-electron chi connectivity index (χ4n) is 2.65. The van der Waals surface area contributed by atoms with Crippen LogP contribution in [-0.4, -0.2) is 17.5 Å². The van der Waals surface area contributed by atoms with Crippen LogP contribution in [0.1, 0.15) is 37.3 Å². The molecule has 0 aliphatic carbocycles. The Balaban J connectivity index is 2.15. The Kier molecular flexibility index (Phi) is 5.09. The predicted molar refractivity (Wildman–Crippen MR) is 79.3 cm³/mol. The first kappa shape index (κ1) is 15.2. The van der Waals surface area contributed by atoms with Crippen LogP contribution in [0.2, 0.25) is 0 Å². The molecule has 1 aliphatic rings. The molecule has 0 radical (unpaired) electrons. The summed E-state index contributed by atoms with van der Waals surface area (Å²) in [5.74, 6) is -0.281. The fourth-order valence-corrected chi connectivity index (χ4v) is 2.65. The summed E-state index contributed by atoms with van der Waals surface area (Å²) in [4.78, 5) is 2.30. The summed E-state index contributed by atoms with van der Waals surface area (Å²) in [7, 11) is 0. The van der Waals surface area contributed by atoms with Crippen molar-refractivity contribution < 1.29 is 4.39 Å². The SMILES string of the molecule is CC1CCCCN1Cc1ccc(C=C(C#N)C#N)cc1F. The van der Waals surface area contributed by atoms with Crippen molar-refractivity contribution in [1.29, 1.82) is 10.5 Å². The molecule has 0 spiro atoms. The highest BCUT2D eigenvalue weighted by Crippen LogP contribution is 2.21. The molecule has 1 atom stereocenters. The van der Waals surface area contributed by atoms with Gasteiger partial charge in [-0.2, -0.15) is 10.5 Å². The van der Waals surface area contributed by atoms with Crippen molar-refractivity contribution >= 4 is 6.08 Å². The van der Waals surface area contributed by atoms with Crippen LogP contribution >= 0.6 is 0 Å². The predicted octanol–water partition coefficient (Wildman–Crippen LogP) is 3.63. The van der Waals surface area contributed by atoms with Crippen LogP contribution in [0.3, 0.4) is 0 Å². The van der Waals surface area contributed by atoms with Crippen LogP contribution in [0.15, 0.2) is 23.8 Å². The van der Waals surface area contributed by atoms with Crippen molar-refractivity contribution in [3.8, 4) is 12.1 Å². The van der Waals surface area contributed by atoms with Crippen LogP contribution in [0, 0.1) is 28.5 Å². The van der Waals surface area contributed by atoms with Gasteiger partial charge in [-0.3, -0.25) is 4.90 Å². The van der Waals surface area contributed by atoms with E-state index in [1.165, 1.54) is 25.0 Å². The molecule has 1 saturated heterocycles. The zero-order valence-corrected chi connectivity index (χ0v) is 12.1. The van der Waals surface area contributed by atoms with Gasteiger partial charge in [0.2, 0.25) is 0 Å². The lowest BCUT2D eigenvalue weighted by Gasteiger charge is -2.33. The molecule has 1 unspecified atom stereocenters. The standard InChI is InChI=1S/C17H18FN3/c1-13-4-2-3-7-21(13)12-16-6-5-14(9-17(16)18)8-15(10-19)11-20/h5-6,8-9,13H,2-4,7,12H2,1H3. The Morgan fingerprint density at radius 1 is 1.38 bits per heavy atom. The van der Waals surface area contributed by atoms with Gasteiger partial charge in [-0.1, -0.05) is 18.6 Å². The van der Waals surface area contributed by atoms with Crippen LogP contribution in [-0.2, 0) is 6.54 Å². The maximum Gasteiger partial charge on any atom is 0.130 e. The Morgan fingerprint density at radius 3 is 2.76 bits per heavy atom. The second kappa shape index (κ2) is 7.02. The first-order chi connectivity index (χ1) is 10.1. The second-order valence-electron chi connectivity index (χ2n) is 5.45. The van der Waals surface area contributed by atoms with Gasteiger partial charge in [-0.15, -0.1) is 0 Å². The molecule has 1 aromatic rings. The smallest absolute Gasteiger partial charge is 0.130 e. The van der Waals surface area contributed by atoms with Crippen molar-refractivity contribution in [2.45, 2.75) is 38.8 Å². The minimum absolute atomic E-state index is 0.0215. The first-order valence-corrected chi connectivity index (χ1v) is 7.18. The number of nitrogens with zero attached hydrogens (tertiary/aromatic N) is 3. The molecule has 0 N–H and O–H groups in total. The van der Waals surface area contributed by atoms with Crippen molar-refractivity contribution in [2.24, 2.45) is 0 Å². The summed E-state index contributed by atoms with van der Waals surface area (Å²) < 4.78 is 14.2. The van der Waals surface area contributed by atoms with E-state index in [1.807, 2.05) is 0 Å². The van der Waals surface area contributed by atoms with Crippen molar-refractivity contribution in [2.75, 3.05) is 6.54 Å². The third kappa shape index (κ3) is 3.90. The highest BCUT2D eigenvalue weighted by atomic mass is 19.1. The molecule has 1 aromatic carbocycles. The minimum atomic E-state index is -0.281. The molecular weight excluding hydrogens is 265 g/mol. The van der Waals surface area contributed by atoms with Crippen LogP contribution < -0.4 is 0 Å². The lowest BCUT2D eigenvalue weighted by Crippen LogP contribution is -2.36. The molecule has 1 fully saturated rings. The molecular formula is C17H18FN3. The third-order valence-corrected chi connectivity index (χ3v) is 3.94. The molecule has 1 heterocycles. The second-order valence-corrected chi connectivity index (χ2v) is 5.45. The fraction of sp³-hybridized carbons (Fsp3) is 0.412. The van der Waals surface area contributed by atoms with E-state index in [0.29, 0.717) is 23.7 Å². The summed E-state index contributed by atoms with van der Waals surface area (Å²) in [6.07, 6.45) is 4.97. The van der Waals surface area contributed by atoms with E-state index >= 15 is 0 Å². The van der Waals surface area contributed by atoms with E-state index in [9.17, 15) is 4.39 Å². The van der Waals surface area contributed by atoms with E-state index in [-0.39, 0.29) is 11.4 Å². The number of allylic oxidation sites excluding steroid dienone is 1. The van der Waals surface area contributed by atoms with Gasteiger partial charge in [0.05, 0.1) is 0 Å². The molecule has 4 heteroatoms. The van der Waals surface area contributed by atoms with Crippen molar-refractivity contribution in [3.63, 3.8) is 0 Å².